The zero-order valence-electron chi connectivity index (χ0n) is 13.6. The number of piperazine rings is 1. The van der Waals surface area contributed by atoms with Gasteiger partial charge in [0.15, 0.2) is 5.82 Å². The second-order valence-corrected chi connectivity index (χ2v) is 5.99. The highest BCUT2D eigenvalue weighted by Gasteiger charge is 2.26. The number of aromatic nitrogens is 3. The highest BCUT2D eigenvalue weighted by Crippen LogP contribution is 2.29. The Morgan fingerprint density at radius 2 is 2.16 bits per heavy atom. The van der Waals surface area contributed by atoms with Crippen LogP contribution in [-0.2, 0) is 17.9 Å². The van der Waals surface area contributed by atoms with E-state index in [0.29, 0.717) is 56.9 Å². The summed E-state index contributed by atoms with van der Waals surface area (Å²) in [4.78, 5) is 23.2. The Labute approximate surface area is 148 Å². The second kappa shape index (κ2) is 7.72. The maximum atomic E-state index is 11.2. The summed E-state index contributed by atoms with van der Waals surface area (Å²) >= 11 is 5.81. The SMILES string of the molecule is COCc1noc(CN2CCN(c3ncc(Cl)cc3[N+](=O)[O-])CC2)n1. The summed E-state index contributed by atoms with van der Waals surface area (Å²) in [5.41, 5.74) is -0.0814. The summed E-state index contributed by atoms with van der Waals surface area (Å²) in [6.07, 6.45) is 1.42. The average molecular weight is 369 g/mol. The van der Waals surface area contributed by atoms with Crippen molar-refractivity contribution in [1.82, 2.24) is 20.0 Å². The van der Waals surface area contributed by atoms with Gasteiger partial charge in [0.2, 0.25) is 11.7 Å². The molecule has 134 valence electrons. The van der Waals surface area contributed by atoms with Gasteiger partial charge in [-0.3, -0.25) is 15.0 Å². The number of rotatable bonds is 6. The van der Waals surface area contributed by atoms with Crippen LogP contribution >= 0.6 is 11.6 Å². The molecule has 0 saturated carbocycles. The molecule has 1 aliphatic rings. The minimum Gasteiger partial charge on any atom is -0.377 e. The predicted molar refractivity (Wildman–Crippen MR) is 88.4 cm³/mol. The number of halogens is 1. The molecule has 10 nitrogen and oxygen atoms in total. The molecule has 2 aromatic heterocycles. The number of pyridine rings is 1. The zero-order chi connectivity index (χ0) is 17.8. The predicted octanol–water partition coefficient (Wildman–Crippen LogP) is 1.49. The van der Waals surface area contributed by atoms with E-state index in [1.54, 1.807) is 7.11 Å². The highest BCUT2D eigenvalue weighted by atomic mass is 35.5. The molecule has 0 N–H and O–H groups in total. The van der Waals surface area contributed by atoms with Gasteiger partial charge in [-0.15, -0.1) is 0 Å². The van der Waals surface area contributed by atoms with Gasteiger partial charge in [-0.25, -0.2) is 4.98 Å². The van der Waals surface area contributed by atoms with Crippen LogP contribution in [0.1, 0.15) is 11.7 Å². The van der Waals surface area contributed by atoms with Gasteiger partial charge in [0.1, 0.15) is 6.61 Å². The van der Waals surface area contributed by atoms with Crippen molar-refractivity contribution in [3.63, 3.8) is 0 Å². The van der Waals surface area contributed by atoms with Crippen LogP contribution in [0.2, 0.25) is 5.02 Å². The van der Waals surface area contributed by atoms with E-state index < -0.39 is 4.92 Å². The monoisotopic (exact) mass is 368 g/mol. The van der Waals surface area contributed by atoms with Gasteiger partial charge in [0.25, 0.3) is 0 Å². The summed E-state index contributed by atoms with van der Waals surface area (Å²) in [7, 11) is 1.57. The van der Waals surface area contributed by atoms with Crippen LogP contribution in [0, 0.1) is 10.1 Å². The Bertz CT molecular complexity index is 747. The van der Waals surface area contributed by atoms with Crippen molar-refractivity contribution in [2.24, 2.45) is 0 Å². The third kappa shape index (κ3) is 4.21. The van der Waals surface area contributed by atoms with E-state index in [1.165, 1.54) is 12.3 Å². The molecule has 0 aliphatic carbocycles. The number of hydrogen-bond acceptors (Lipinski definition) is 9. The van der Waals surface area contributed by atoms with E-state index in [-0.39, 0.29) is 10.7 Å². The molecule has 0 radical (unpaired) electrons. The summed E-state index contributed by atoms with van der Waals surface area (Å²) in [5, 5.41) is 15.3. The average Bonchev–Trinajstić information content (AvgIpc) is 3.03. The summed E-state index contributed by atoms with van der Waals surface area (Å²) in [6, 6.07) is 1.33. The quantitative estimate of drug-likeness (QED) is 0.553. The fourth-order valence-corrected chi connectivity index (χ4v) is 2.80. The lowest BCUT2D eigenvalue weighted by Gasteiger charge is -2.34. The van der Waals surface area contributed by atoms with Gasteiger partial charge in [-0.2, -0.15) is 4.98 Å². The fraction of sp³-hybridized carbons (Fsp3) is 0.500. The Kier molecular flexibility index (Phi) is 5.41. The van der Waals surface area contributed by atoms with Crippen molar-refractivity contribution in [2.45, 2.75) is 13.2 Å². The largest absolute Gasteiger partial charge is 0.377 e. The minimum atomic E-state index is -0.462. The maximum absolute atomic E-state index is 11.2. The molecule has 1 fully saturated rings. The zero-order valence-corrected chi connectivity index (χ0v) is 14.3. The van der Waals surface area contributed by atoms with Crippen molar-refractivity contribution >= 4 is 23.1 Å². The standard InChI is InChI=1S/C14H17ClN6O4/c1-24-9-12-17-13(25-18-12)8-19-2-4-20(5-3-19)14-11(21(22)23)6-10(15)7-16-14/h6-7H,2-5,8-9H2,1H3. The maximum Gasteiger partial charge on any atom is 0.313 e. The van der Waals surface area contributed by atoms with E-state index in [2.05, 4.69) is 20.0 Å². The van der Waals surface area contributed by atoms with E-state index in [4.69, 9.17) is 20.9 Å². The van der Waals surface area contributed by atoms with Crippen molar-refractivity contribution in [2.75, 3.05) is 38.2 Å². The van der Waals surface area contributed by atoms with Crippen LogP contribution in [0.25, 0.3) is 0 Å². The smallest absolute Gasteiger partial charge is 0.313 e. The van der Waals surface area contributed by atoms with Crippen molar-refractivity contribution in [3.05, 3.63) is 39.1 Å². The molecule has 1 saturated heterocycles. The topological polar surface area (TPSA) is 111 Å². The van der Waals surface area contributed by atoms with Crippen LogP contribution in [0.4, 0.5) is 11.5 Å². The number of ether oxygens (including phenoxy) is 1. The van der Waals surface area contributed by atoms with Gasteiger partial charge in [0, 0.05) is 45.6 Å². The van der Waals surface area contributed by atoms with Crippen molar-refractivity contribution in [3.8, 4) is 0 Å². The first-order valence-corrected chi connectivity index (χ1v) is 8.02. The highest BCUT2D eigenvalue weighted by molar-refractivity contribution is 6.30. The molecule has 0 aromatic carbocycles. The first-order chi connectivity index (χ1) is 12.1. The van der Waals surface area contributed by atoms with E-state index in [1.807, 2.05) is 4.90 Å². The molecular weight excluding hydrogens is 352 g/mol. The van der Waals surface area contributed by atoms with Crippen LogP contribution in [-0.4, -0.2) is 58.2 Å². The lowest BCUT2D eigenvalue weighted by atomic mass is 10.3. The van der Waals surface area contributed by atoms with Crippen LogP contribution in [0.15, 0.2) is 16.8 Å². The number of hydrogen-bond donors (Lipinski definition) is 0. The Hall–Kier alpha value is -2.30. The summed E-state index contributed by atoms with van der Waals surface area (Å²) in [6.45, 7) is 3.44. The van der Waals surface area contributed by atoms with Crippen LogP contribution in [0.5, 0.6) is 0 Å². The lowest BCUT2D eigenvalue weighted by molar-refractivity contribution is -0.384. The van der Waals surface area contributed by atoms with E-state index in [9.17, 15) is 10.1 Å². The fourth-order valence-electron chi connectivity index (χ4n) is 2.65. The first-order valence-electron chi connectivity index (χ1n) is 7.64. The van der Waals surface area contributed by atoms with Gasteiger partial charge in [0.05, 0.1) is 16.5 Å². The van der Waals surface area contributed by atoms with E-state index >= 15 is 0 Å². The lowest BCUT2D eigenvalue weighted by Crippen LogP contribution is -2.46. The summed E-state index contributed by atoms with van der Waals surface area (Å²) < 4.78 is 10.1. The number of nitro groups is 1. The normalized spacial score (nSPS) is 15.5. The minimum absolute atomic E-state index is 0.0814. The van der Waals surface area contributed by atoms with Gasteiger partial charge in [-0.1, -0.05) is 16.8 Å². The van der Waals surface area contributed by atoms with Crippen LogP contribution in [0.3, 0.4) is 0 Å². The molecule has 0 atom stereocenters. The molecule has 1 aliphatic heterocycles. The Morgan fingerprint density at radius 1 is 1.40 bits per heavy atom. The molecule has 2 aromatic rings. The molecule has 25 heavy (non-hydrogen) atoms. The van der Waals surface area contributed by atoms with Crippen LogP contribution < -0.4 is 4.90 Å². The van der Waals surface area contributed by atoms with Crippen molar-refractivity contribution in [1.29, 1.82) is 0 Å². The Balaban J connectivity index is 1.61. The molecule has 0 unspecified atom stereocenters. The number of nitrogens with zero attached hydrogens (tertiary/aromatic N) is 6. The Morgan fingerprint density at radius 3 is 2.84 bits per heavy atom. The third-order valence-electron chi connectivity index (χ3n) is 3.82. The van der Waals surface area contributed by atoms with Gasteiger partial charge < -0.3 is 14.2 Å². The molecular formula is C14H17ClN6O4. The van der Waals surface area contributed by atoms with Gasteiger partial charge >= 0.3 is 5.69 Å². The second-order valence-electron chi connectivity index (χ2n) is 5.55. The third-order valence-corrected chi connectivity index (χ3v) is 4.03. The summed E-state index contributed by atoms with van der Waals surface area (Å²) in [5.74, 6) is 1.38. The van der Waals surface area contributed by atoms with E-state index in [0.717, 1.165) is 0 Å². The molecule has 0 amide bonds. The molecule has 3 rings (SSSR count). The molecule has 0 bridgehead atoms. The van der Waals surface area contributed by atoms with Crippen molar-refractivity contribution < 1.29 is 14.2 Å². The number of methoxy groups -OCH3 is 1. The molecule has 0 spiro atoms. The molecule has 11 heteroatoms. The number of anilines is 1. The first kappa shape index (κ1) is 17.5. The molecule has 3 heterocycles. The van der Waals surface area contributed by atoms with Gasteiger partial charge in [-0.05, 0) is 0 Å².